The largest absolute Gasteiger partial charge is 0.478 e. The molecule has 0 spiro atoms. The molecule has 0 saturated carbocycles. The number of ether oxygens (including phenoxy) is 2. The molecule has 0 radical (unpaired) electrons. The monoisotopic (exact) mass is 450 g/mol. The summed E-state index contributed by atoms with van der Waals surface area (Å²) >= 11 is 0. The number of nitrogens with zero attached hydrogens (tertiary/aromatic N) is 2. The molecule has 2 aliphatic heterocycles. The topological polar surface area (TPSA) is 24.9 Å². The van der Waals surface area contributed by atoms with Gasteiger partial charge in [0.15, 0.2) is 0 Å². The van der Waals surface area contributed by atoms with Crippen molar-refractivity contribution in [3.8, 4) is 11.5 Å². The number of hydrogen-bond acceptors (Lipinski definition) is 4. The Morgan fingerprint density at radius 1 is 0.588 bits per heavy atom. The lowest BCUT2D eigenvalue weighted by molar-refractivity contribution is 0.0598. The molecule has 0 aromatic heterocycles. The molecule has 0 saturated heterocycles. The molecule has 4 nitrogen and oxygen atoms in total. The van der Waals surface area contributed by atoms with E-state index in [9.17, 15) is 0 Å². The molecular formula is C30H30N2O2. The van der Waals surface area contributed by atoms with Gasteiger partial charge >= 0.3 is 0 Å². The molecule has 2 atom stereocenters. The van der Waals surface area contributed by atoms with Gasteiger partial charge in [0.2, 0.25) is 0 Å². The first-order chi connectivity index (χ1) is 16.7. The van der Waals surface area contributed by atoms with E-state index in [1.807, 2.05) is 0 Å². The van der Waals surface area contributed by atoms with Crippen molar-refractivity contribution in [2.24, 2.45) is 0 Å². The van der Waals surface area contributed by atoms with Gasteiger partial charge in [-0.25, -0.2) is 0 Å². The third-order valence-corrected chi connectivity index (χ3v) is 7.47. The normalized spacial score (nSPS) is 17.8. The van der Waals surface area contributed by atoms with E-state index in [-0.39, 0.29) is 12.1 Å². The van der Waals surface area contributed by atoms with Crippen LogP contribution in [0.5, 0.6) is 11.5 Å². The van der Waals surface area contributed by atoms with Gasteiger partial charge in [0, 0.05) is 36.3 Å². The summed E-state index contributed by atoms with van der Waals surface area (Å²) in [6.07, 6.45) is 0. The van der Waals surface area contributed by atoms with Crippen LogP contribution in [0.4, 0.5) is 0 Å². The fourth-order valence-electron chi connectivity index (χ4n) is 5.30. The first-order valence-electron chi connectivity index (χ1n) is 12.1. The van der Waals surface area contributed by atoms with E-state index in [2.05, 4.69) is 109 Å². The van der Waals surface area contributed by atoms with Gasteiger partial charge in [0.25, 0.3) is 0 Å². The predicted molar refractivity (Wildman–Crippen MR) is 136 cm³/mol. The molecule has 2 heterocycles. The van der Waals surface area contributed by atoms with Crippen LogP contribution < -0.4 is 9.47 Å². The third-order valence-electron chi connectivity index (χ3n) is 7.47. The lowest BCUT2D eigenvalue weighted by Crippen LogP contribution is -2.36. The maximum Gasteiger partial charge on any atom is 0.142 e. The molecule has 4 aromatic rings. The van der Waals surface area contributed by atoms with Gasteiger partial charge < -0.3 is 9.47 Å². The zero-order valence-electron chi connectivity index (χ0n) is 19.8. The van der Waals surface area contributed by atoms with Crippen molar-refractivity contribution < 1.29 is 9.47 Å². The van der Waals surface area contributed by atoms with Gasteiger partial charge in [0.1, 0.15) is 25.0 Å². The van der Waals surface area contributed by atoms with E-state index in [1.54, 1.807) is 0 Å². The van der Waals surface area contributed by atoms with Crippen molar-refractivity contribution in [2.45, 2.75) is 39.0 Å². The summed E-state index contributed by atoms with van der Waals surface area (Å²) in [5, 5.41) is 2.53. The second kappa shape index (κ2) is 8.79. The minimum absolute atomic E-state index is 0.273. The molecule has 34 heavy (non-hydrogen) atoms. The van der Waals surface area contributed by atoms with Gasteiger partial charge in [-0.3, -0.25) is 9.80 Å². The number of rotatable bonds is 4. The highest BCUT2D eigenvalue weighted by atomic mass is 16.5. The zero-order chi connectivity index (χ0) is 23.1. The van der Waals surface area contributed by atoms with E-state index in [0.29, 0.717) is 13.5 Å². The lowest BCUT2D eigenvalue weighted by Gasteiger charge is -2.37. The minimum Gasteiger partial charge on any atom is -0.478 e. The number of fused-ring (bicyclic) bond motifs is 5. The van der Waals surface area contributed by atoms with Crippen LogP contribution in [-0.4, -0.2) is 23.3 Å². The van der Waals surface area contributed by atoms with Crippen LogP contribution in [0.1, 0.15) is 48.2 Å². The molecular weight excluding hydrogens is 420 g/mol. The van der Waals surface area contributed by atoms with Crippen LogP contribution in [0.3, 0.4) is 0 Å². The van der Waals surface area contributed by atoms with Crippen molar-refractivity contribution in [3.05, 3.63) is 107 Å². The Kier molecular flexibility index (Phi) is 5.48. The molecule has 0 bridgehead atoms. The summed E-state index contributed by atoms with van der Waals surface area (Å²) in [7, 11) is 0. The summed E-state index contributed by atoms with van der Waals surface area (Å²) in [5.74, 6) is 1.98. The second-order valence-electron chi connectivity index (χ2n) is 9.40. The predicted octanol–water partition coefficient (Wildman–Crippen LogP) is 6.67. The van der Waals surface area contributed by atoms with E-state index in [0.717, 1.165) is 24.6 Å². The summed E-state index contributed by atoms with van der Waals surface area (Å²) < 4.78 is 12.6. The summed E-state index contributed by atoms with van der Waals surface area (Å²) in [4.78, 5) is 4.81. The fourth-order valence-corrected chi connectivity index (χ4v) is 5.30. The fraction of sp³-hybridized carbons (Fsp3) is 0.267. The van der Waals surface area contributed by atoms with Crippen molar-refractivity contribution in [1.29, 1.82) is 0 Å². The molecule has 0 unspecified atom stereocenters. The van der Waals surface area contributed by atoms with Crippen LogP contribution in [0, 0.1) is 0 Å². The van der Waals surface area contributed by atoms with Crippen molar-refractivity contribution in [1.82, 2.24) is 9.80 Å². The summed E-state index contributed by atoms with van der Waals surface area (Å²) in [5.41, 5.74) is 5.15. The molecule has 6 rings (SSSR count). The summed E-state index contributed by atoms with van der Waals surface area (Å²) in [6.45, 7) is 7.42. The Balaban J connectivity index is 1.37. The molecule has 4 aromatic carbocycles. The number of hydrogen-bond donors (Lipinski definition) is 0. The van der Waals surface area contributed by atoms with Crippen LogP contribution in [-0.2, 0) is 13.1 Å². The third kappa shape index (κ3) is 3.73. The lowest BCUT2D eigenvalue weighted by atomic mass is 9.94. The SMILES string of the molecule is C[C@H](c1ccccc1)N1COc2ccc3ccc4c(c3c2C1)CN([C@@H](C)c1ccccc1)CO4. The first kappa shape index (κ1) is 21.2. The molecule has 0 N–H and O–H groups in total. The van der Waals surface area contributed by atoms with E-state index >= 15 is 0 Å². The Bertz CT molecular complexity index is 1210. The van der Waals surface area contributed by atoms with Crippen LogP contribution >= 0.6 is 0 Å². The first-order valence-corrected chi connectivity index (χ1v) is 12.1. The molecule has 0 amide bonds. The highest BCUT2D eigenvalue weighted by Crippen LogP contribution is 2.42. The maximum absolute atomic E-state index is 6.29. The standard InChI is InChI=1S/C30H30N2O2/c1-21(23-9-5-3-6-10-23)31-17-26-28(33-19-31)15-13-25-14-16-29-27(30(25)26)18-32(20-34-29)22(2)24-11-7-4-8-12-24/h3-16,21-22H,17-20H2,1-2H3/t21-,22+. The zero-order valence-corrected chi connectivity index (χ0v) is 19.8. The molecule has 2 aliphatic rings. The minimum atomic E-state index is 0.273. The van der Waals surface area contributed by atoms with Crippen molar-refractivity contribution in [3.63, 3.8) is 0 Å². The molecule has 4 heteroatoms. The maximum atomic E-state index is 6.29. The highest BCUT2D eigenvalue weighted by Gasteiger charge is 2.29. The average molecular weight is 451 g/mol. The van der Waals surface area contributed by atoms with E-state index in [1.165, 1.54) is 33.0 Å². The summed E-state index contributed by atoms with van der Waals surface area (Å²) in [6, 6.07) is 30.5. The molecule has 172 valence electrons. The number of benzene rings is 4. The molecule has 0 fully saturated rings. The van der Waals surface area contributed by atoms with Gasteiger partial charge in [0.05, 0.1) is 0 Å². The second-order valence-corrected chi connectivity index (χ2v) is 9.40. The van der Waals surface area contributed by atoms with Crippen LogP contribution in [0.25, 0.3) is 10.8 Å². The quantitative estimate of drug-likeness (QED) is 0.347. The van der Waals surface area contributed by atoms with Gasteiger partial charge in [-0.15, -0.1) is 0 Å². The van der Waals surface area contributed by atoms with Gasteiger partial charge in [-0.1, -0.05) is 72.8 Å². The van der Waals surface area contributed by atoms with Crippen molar-refractivity contribution in [2.75, 3.05) is 13.5 Å². The van der Waals surface area contributed by atoms with E-state index in [4.69, 9.17) is 9.47 Å². The van der Waals surface area contributed by atoms with Crippen LogP contribution in [0.15, 0.2) is 84.9 Å². The van der Waals surface area contributed by atoms with E-state index < -0.39 is 0 Å². The van der Waals surface area contributed by atoms with Crippen LogP contribution in [0.2, 0.25) is 0 Å². The average Bonchev–Trinajstić information content (AvgIpc) is 2.92. The Hall–Kier alpha value is -3.34. The van der Waals surface area contributed by atoms with Gasteiger partial charge in [-0.05, 0) is 47.9 Å². The molecule has 0 aliphatic carbocycles. The van der Waals surface area contributed by atoms with Crippen molar-refractivity contribution >= 4 is 10.8 Å². The Morgan fingerprint density at radius 3 is 1.47 bits per heavy atom. The van der Waals surface area contributed by atoms with Gasteiger partial charge in [-0.2, -0.15) is 0 Å². The highest BCUT2D eigenvalue weighted by molar-refractivity contribution is 5.92. The smallest absolute Gasteiger partial charge is 0.142 e. The Labute approximate surface area is 201 Å². The Morgan fingerprint density at radius 2 is 1.03 bits per heavy atom.